The Morgan fingerprint density at radius 1 is 0.714 bits per heavy atom. The Labute approximate surface area is 83.9 Å². The Morgan fingerprint density at radius 3 is 1.86 bits per heavy atom. The van der Waals surface area contributed by atoms with Crippen molar-refractivity contribution in [2.45, 2.75) is 0 Å². The number of hydrogen-bond acceptors (Lipinski definition) is 0. The number of allylic oxidation sites excluding steroid dienone is 6. The zero-order valence-electron chi connectivity index (χ0n) is 7.98. The lowest BCUT2D eigenvalue weighted by Gasteiger charge is -1.92. The lowest BCUT2D eigenvalue weighted by Crippen LogP contribution is -2.07. The molecule has 0 N–H and O–H groups in total. The highest BCUT2D eigenvalue weighted by atomic mass is 13.9. The van der Waals surface area contributed by atoms with Gasteiger partial charge in [0.25, 0.3) is 0 Å². The predicted octanol–water partition coefficient (Wildman–Crippen LogP) is 1.93. The summed E-state index contributed by atoms with van der Waals surface area (Å²) in [7, 11) is 0. The molecule has 0 amide bonds. The molecule has 0 heterocycles. The van der Waals surface area contributed by atoms with Gasteiger partial charge in [-0.2, -0.15) is 0 Å². The molecule has 0 saturated heterocycles. The Morgan fingerprint density at radius 2 is 1.29 bits per heavy atom. The molecule has 0 unspecified atom stereocenters. The maximum absolute atomic E-state index is 3.87. The van der Waals surface area contributed by atoms with Crippen LogP contribution in [-0.2, 0) is 0 Å². The Bertz CT molecular complexity index is 472. The molecule has 0 bridgehead atoms. The van der Waals surface area contributed by atoms with Crippen molar-refractivity contribution >= 4 is 12.2 Å². The molecule has 1 aliphatic carbocycles. The maximum atomic E-state index is 3.87. The monoisotopic (exact) mass is 180 g/mol. The van der Waals surface area contributed by atoms with Crippen molar-refractivity contribution < 1.29 is 0 Å². The molecule has 0 spiro atoms. The molecule has 0 atom stereocenters. The second-order valence-corrected chi connectivity index (χ2v) is 3.26. The van der Waals surface area contributed by atoms with Crippen molar-refractivity contribution in [3.05, 3.63) is 71.2 Å². The van der Waals surface area contributed by atoms with Crippen LogP contribution in [0, 0.1) is 0 Å². The number of benzene rings is 1. The highest BCUT2D eigenvalue weighted by Gasteiger charge is 1.89. The highest BCUT2D eigenvalue weighted by molar-refractivity contribution is 5.68. The van der Waals surface area contributed by atoms with Gasteiger partial charge in [0, 0.05) is 0 Å². The van der Waals surface area contributed by atoms with Gasteiger partial charge < -0.3 is 0 Å². The molecule has 0 saturated carbocycles. The normalized spacial score (nSPS) is 14.4. The van der Waals surface area contributed by atoms with E-state index in [1.54, 1.807) is 0 Å². The summed E-state index contributed by atoms with van der Waals surface area (Å²) in [5, 5.41) is 2.28. The molecule has 68 valence electrons. The lowest BCUT2D eigenvalue weighted by molar-refractivity contribution is 1.54. The Kier molecular flexibility index (Phi) is 2.46. The van der Waals surface area contributed by atoms with Crippen molar-refractivity contribution in [2.24, 2.45) is 0 Å². The molecule has 1 aromatic rings. The van der Waals surface area contributed by atoms with Crippen molar-refractivity contribution in [1.82, 2.24) is 0 Å². The van der Waals surface area contributed by atoms with Crippen LogP contribution in [0.3, 0.4) is 0 Å². The number of rotatable bonds is 0. The largest absolute Gasteiger partial charge is 0.0918 e. The minimum atomic E-state index is 1.05. The summed E-state index contributed by atoms with van der Waals surface area (Å²) in [4.78, 5) is 0. The van der Waals surface area contributed by atoms with Gasteiger partial charge in [-0.15, -0.1) is 0 Å². The van der Waals surface area contributed by atoms with Gasteiger partial charge in [-0.25, -0.2) is 0 Å². The molecule has 0 radical (unpaired) electrons. The quantitative estimate of drug-likeness (QED) is 0.572. The summed E-state index contributed by atoms with van der Waals surface area (Å²) in [6.07, 6.45) is 12.4. The SMILES string of the molecule is C=c1ccc(=C2C=CC=CC=C2)cc1. The van der Waals surface area contributed by atoms with Crippen LogP contribution >= 0.6 is 0 Å². The van der Waals surface area contributed by atoms with E-state index < -0.39 is 0 Å². The first-order chi connectivity index (χ1) is 6.86. The summed E-state index contributed by atoms with van der Waals surface area (Å²) in [5.74, 6) is 0. The fourth-order valence-electron chi connectivity index (χ4n) is 1.39. The standard InChI is InChI=1S/C14H12/c1-12-8-10-14(11-9-12)13-6-4-2-3-5-7-13/h2-11H,1H2. The molecule has 0 heteroatoms. The van der Waals surface area contributed by atoms with Crippen LogP contribution in [0.25, 0.3) is 12.2 Å². The van der Waals surface area contributed by atoms with E-state index in [1.807, 2.05) is 36.4 Å². The van der Waals surface area contributed by atoms with E-state index in [4.69, 9.17) is 0 Å². The first-order valence-corrected chi connectivity index (χ1v) is 4.67. The van der Waals surface area contributed by atoms with Crippen molar-refractivity contribution in [3.8, 4) is 0 Å². The second kappa shape index (κ2) is 3.93. The summed E-state index contributed by atoms with van der Waals surface area (Å²) < 4.78 is 0. The number of hydrogen-bond donors (Lipinski definition) is 0. The first-order valence-electron chi connectivity index (χ1n) is 4.67. The van der Waals surface area contributed by atoms with Crippen molar-refractivity contribution in [3.63, 3.8) is 0 Å². The van der Waals surface area contributed by atoms with Crippen LogP contribution in [-0.4, -0.2) is 0 Å². The third-order valence-corrected chi connectivity index (χ3v) is 2.17. The van der Waals surface area contributed by atoms with Gasteiger partial charge in [0.1, 0.15) is 0 Å². The van der Waals surface area contributed by atoms with Gasteiger partial charge in [0.2, 0.25) is 0 Å². The van der Waals surface area contributed by atoms with E-state index in [-0.39, 0.29) is 0 Å². The Balaban J connectivity index is 2.60. The molecular weight excluding hydrogens is 168 g/mol. The van der Waals surface area contributed by atoms with Crippen molar-refractivity contribution in [1.29, 1.82) is 0 Å². The van der Waals surface area contributed by atoms with E-state index in [9.17, 15) is 0 Å². The Hall–Kier alpha value is -1.82. The lowest BCUT2D eigenvalue weighted by atomic mass is 10.1. The molecule has 0 aromatic heterocycles. The summed E-state index contributed by atoms with van der Waals surface area (Å²) >= 11 is 0. The van der Waals surface area contributed by atoms with Crippen LogP contribution in [0.5, 0.6) is 0 Å². The molecule has 1 aromatic carbocycles. The second-order valence-electron chi connectivity index (χ2n) is 3.26. The van der Waals surface area contributed by atoms with Gasteiger partial charge >= 0.3 is 0 Å². The maximum Gasteiger partial charge on any atom is -0.0184 e. The third-order valence-electron chi connectivity index (χ3n) is 2.17. The van der Waals surface area contributed by atoms with E-state index in [1.165, 1.54) is 10.8 Å². The molecule has 14 heavy (non-hydrogen) atoms. The molecule has 0 nitrogen and oxygen atoms in total. The van der Waals surface area contributed by atoms with Gasteiger partial charge in [-0.3, -0.25) is 0 Å². The molecule has 2 rings (SSSR count). The molecule has 1 aliphatic rings. The molecular formula is C14H12. The summed E-state index contributed by atoms with van der Waals surface area (Å²) in [5.41, 5.74) is 1.23. The fourth-order valence-corrected chi connectivity index (χ4v) is 1.39. The van der Waals surface area contributed by atoms with E-state index in [0.717, 1.165) is 5.22 Å². The molecule has 0 aliphatic heterocycles. The van der Waals surface area contributed by atoms with Crippen LogP contribution in [0.1, 0.15) is 0 Å². The fraction of sp³-hybridized carbons (Fsp3) is 0. The van der Waals surface area contributed by atoms with Gasteiger partial charge in [0.15, 0.2) is 0 Å². The van der Waals surface area contributed by atoms with E-state index >= 15 is 0 Å². The average Bonchev–Trinajstić information content (AvgIpc) is 2.47. The van der Waals surface area contributed by atoms with Crippen LogP contribution < -0.4 is 10.4 Å². The molecule has 0 fully saturated rings. The minimum Gasteiger partial charge on any atom is -0.0918 e. The van der Waals surface area contributed by atoms with Gasteiger partial charge in [-0.05, 0) is 16.0 Å². The van der Waals surface area contributed by atoms with Crippen LogP contribution in [0.4, 0.5) is 0 Å². The topological polar surface area (TPSA) is 0 Å². The minimum absolute atomic E-state index is 1.05. The third kappa shape index (κ3) is 1.91. The van der Waals surface area contributed by atoms with Crippen LogP contribution in [0.15, 0.2) is 60.7 Å². The predicted molar refractivity (Wildman–Crippen MR) is 62.0 cm³/mol. The average molecular weight is 180 g/mol. The first kappa shape index (κ1) is 8.76. The van der Waals surface area contributed by atoms with Gasteiger partial charge in [-0.1, -0.05) is 67.3 Å². The highest BCUT2D eigenvalue weighted by Crippen LogP contribution is 2.02. The zero-order valence-corrected chi connectivity index (χ0v) is 7.98. The smallest absolute Gasteiger partial charge is 0.0184 e. The summed E-state index contributed by atoms with van der Waals surface area (Å²) in [6, 6.07) is 8.25. The summed E-state index contributed by atoms with van der Waals surface area (Å²) in [6.45, 7) is 3.87. The zero-order chi connectivity index (χ0) is 9.80. The van der Waals surface area contributed by atoms with Crippen molar-refractivity contribution in [2.75, 3.05) is 0 Å². The van der Waals surface area contributed by atoms with E-state index in [2.05, 4.69) is 30.9 Å². The van der Waals surface area contributed by atoms with Gasteiger partial charge in [0.05, 0.1) is 0 Å². The van der Waals surface area contributed by atoms with Crippen LogP contribution in [0.2, 0.25) is 0 Å². The van der Waals surface area contributed by atoms with E-state index in [0.29, 0.717) is 0 Å².